The molecule has 25 heavy (non-hydrogen) atoms. The predicted octanol–water partition coefficient (Wildman–Crippen LogP) is 1.02. The molecule has 0 N–H and O–H groups in total. The maximum Gasteiger partial charge on any atom is 0.254 e. The average molecular weight is 335 g/mol. The maximum atomic E-state index is 12.5. The Morgan fingerprint density at radius 1 is 0.880 bits per heavy atom. The molecule has 3 aromatic heterocycles. The molecule has 4 rings (SSSR count). The van der Waals surface area contributed by atoms with Crippen LogP contribution in [-0.4, -0.2) is 61.9 Å². The molecule has 1 saturated heterocycles. The van der Waals surface area contributed by atoms with Crippen molar-refractivity contribution in [1.82, 2.24) is 29.9 Å². The molecule has 0 aliphatic carbocycles. The van der Waals surface area contributed by atoms with Gasteiger partial charge in [-0.3, -0.25) is 9.78 Å². The quantitative estimate of drug-likeness (QED) is 0.711. The van der Waals surface area contributed by atoms with Crippen molar-refractivity contribution in [3.8, 4) is 5.82 Å². The van der Waals surface area contributed by atoms with E-state index < -0.39 is 0 Å². The number of rotatable bonds is 3. The van der Waals surface area contributed by atoms with Gasteiger partial charge in [0, 0.05) is 56.5 Å². The molecule has 0 spiro atoms. The van der Waals surface area contributed by atoms with Crippen LogP contribution in [0.15, 0.2) is 55.1 Å². The first-order valence-electron chi connectivity index (χ1n) is 8.09. The lowest BCUT2D eigenvalue weighted by molar-refractivity contribution is 0.0746. The molecule has 0 bridgehead atoms. The molecule has 1 aliphatic rings. The van der Waals surface area contributed by atoms with Crippen LogP contribution < -0.4 is 4.90 Å². The summed E-state index contributed by atoms with van der Waals surface area (Å²) in [6.45, 7) is 2.77. The number of anilines is 1. The Labute approximate surface area is 144 Å². The number of aromatic nitrogens is 5. The number of hydrogen-bond donors (Lipinski definition) is 0. The summed E-state index contributed by atoms with van der Waals surface area (Å²) in [5.41, 5.74) is 0.673. The summed E-state index contributed by atoms with van der Waals surface area (Å²) >= 11 is 0. The van der Waals surface area contributed by atoms with E-state index in [0.717, 1.165) is 18.9 Å². The lowest BCUT2D eigenvalue weighted by Crippen LogP contribution is -2.49. The first-order valence-corrected chi connectivity index (χ1v) is 8.09. The molecule has 0 saturated carbocycles. The van der Waals surface area contributed by atoms with Crippen LogP contribution in [-0.2, 0) is 0 Å². The summed E-state index contributed by atoms with van der Waals surface area (Å²) in [6, 6.07) is 9.16. The van der Waals surface area contributed by atoms with Crippen LogP contribution in [0.2, 0.25) is 0 Å². The van der Waals surface area contributed by atoms with Crippen molar-refractivity contribution in [3.05, 3.63) is 60.7 Å². The molecule has 0 radical (unpaired) electrons. The Hall–Kier alpha value is -3.29. The number of piperazine rings is 1. The fourth-order valence-corrected chi connectivity index (χ4v) is 2.83. The van der Waals surface area contributed by atoms with Crippen molar-refractivity contribution in [2.45, 2.75) is 0 Å². The zero-order valence-electron chi connectivity index (χ0n) is 13.6. The van der Waals surface area contributed by atoms with Crippen molar-refractivity contribution in [3.63, 3.8) is 0 Å². The van der Waals surface area contributed by atoms with Gasteiger partial charge in [0.25, 0.3) is 5.91 Å². The van der Waals surface area contributed by atoms with Crippen LogP contribution in [0.4, 0.5) is 5.82 Å². The second kappa shape index (κ2) is 6.68. The molecule has 0 unspecified atom stereocenters. The molecule has 4 heterocycles. The van der Waals surface area contributed by atoms with E-state index in [9.17, 15) is 4.79 Å². The number of nitrogens with zero attached hydrogens (tertiary/aromatic N) is 7. The van der Waals surface area contributed by atoms with Gasteiger partial charge in [0.05, 0.1) is 0 Å². The van der Waals surface area contributed by atoms with Crippen molar-refractivity contribution >= 4 is 11.7 Å². The largest absolute Gasteiger partial charge is 0.352 e. The van der Waals surface area contributed by atoms with Crippen LogP contribution in [0.3, 0.4) is 0 Å². The smallest absolute Gasteiger partial charge is 0.254 e. The minimum atomic E-state index is 0.0437. The van der Waals surface area contributed by atoms with Gasteiger partial charge in [0.2, 0.25) is 0 Å². The molecule has 126 valence electrons. The minimum Gasteiger partial charge on any atom is -0.352 e. The fraction of sp³-hybridized carbons (Fsp3) is 0.235. The first-order chi connectivity index (χ1) is 12.3. The Morgan fingerprint density at radius 2 is 1.60 bits per heavy atom. The normalized spacial score (nSPS) is 14.6. The van der Waals surface area contributed by atoms with Gasteiger partial charge in [-0.05, 0) is 30.3 Å². The highest BCUT2D eigenvalue weighted by Crippen LogP contribution is 2.15. The van der Waals surface area contributed by atoms with E-state index in [0.29, 0.717) is 24.5 Å². The van der Waals surface area contributed by atoms with Crippen molar-refractivity contribution in [2.24, 2.45) is 0 Å². The zero-order chi connectivity index (χ0) is 17.1. The SMILES string of the molecule is O=C(c1ccncc1)N1CCN(c2ccc(-n3cccn3)nn2)CC1. The van der Waals surface area contributed by atoms with E-state index in [1.807, 2.05) is 29.3 Å². The monoisotopic (exact) mass is 335 g/mol. The van der Waals surface area contributed by atoms with E-state index in [2.05, 4.69) is 25.2 Å². The summed E-state index contributed by atoms with van der Waals surface area (Å²) in [5.74, 6) is 1.54. The highest BCUT2D eigenvalue weighted by Gasteiger charge is 2.23. The Balaban J connectivity index is 1.39. The molecule has 1 fully saturated rings. The van der Waals surface area contributed by atoms with Crippen LogP contribution >= 0.6 is 0 Å². The van der Waals surface area contributed by atoms with Gasteiger partial charge in [-0.2, -0.15) is 5.10 Å². The number of hydrogen-bond acceptors (Lipinski definition) is 6. The molecular weight excluding hydrogens is 318 g/mol. The molecule has 0 atom stereocenters. The van der Waals surface area contributed by atoms with E-state index in [1.165, 1.54) is 0 Å². The lowest BCUT2D eigenvalue weighted by Gasteiger charge is -2.35. The van der Waals surface area contributed by atoms with Crippen molar-refractivity contribution < 1.29 is 4.79 Å². The van der Waals surface area contributed by atoms with Gasteiger partial charge in [0.1, 0.15) is 0 Å². The summed E-state index contributed by atoms with van der Waals surface area (Å²) in [5, 5.41) is 12.6. The van der Waals surface area contributed by atoms with E-state index in [-0.39, 0.29) is 5.91 Å². The predicted molar refractivity (Wildman–Crippen MR) is 91.5 cm³/mol. The van der Waals surface area contributed by atoms with Gasteiger partial charge >= 0.3 is 0 Å². The summed E-state index contributed by atoms with van der Waals surface area (Å²) < 4.78 is 1.67. The molecule has 1 amide bonds. The Bertz CT molecular complexity index is 825. The number of carbonyl (C=O) groups is 1. The third-order valence-corrected chi connectivity index (χ3v) is 4.19. The van der Waals surface area contributed by atoms with E-state index in [1.54, 1.807) is 35.4 Å². The van der Waals surface area contributed by atoms with Crippen molar-refractivity contribution in [2.75, 3.05) is 31.1 Å². The van der Waals surface area contributed by atoms with Gasteiger partial charge in [0.15, 0.2) is 11.6 Å². The second-order valence-electron chi connectivity index (χ2n) is 5.72. The molecule has 1 aliphatic heterocycles. The topological polar surface area (TPSA) is 80.0 Å². The van der Waals surface area contributed by atoms with Gasteiger partial charge < -0.3 is 9.80 Å². The summed E-state index contributed by atoms with van der Waals surface area (Å²) in [4.78, 5) is 20.4. The zero-order valence-corrected chi connectivity index (χ0v) is 13.6. The lowest BCUT2D eigenvalue weighted by atomic mass is 10.2. The van der Waals surface area contributed by atoms with Crippen LogP contribution in [0.1, 0.15) is 10.4 Å². The average Bonchev–Trinajstić information content (AvgIpc) is 3.23. The van der Waals surface area contributed by atoms with E-state index >= 15 is 0 Å². The molecule has 3 aromatic rings. The maximum absolute atomic E-state index is 12.5. The second-order valence-corrected chi connectivity index (χ2v) is 5.72. The molecular formula is C17H17N7O. The highest BCUT2D eigenvalue weighted by molar-refractivity contribution is 5.94. The van der Waals surface area contributed by atoms with Gasteiger partial charge in [-0.15, -0.1) is 10.2 Å². The van der Waals surface area contributed by atoms with E-state index in [4.69, 9.17) is 0 Å². The third kappa shape index (κ3) is 3.18. The standard InChI is InChI=1S/C17H17N7O/c25-17(14-4-7-18-8-5-14)23-12-10-22(11-13-23)15-2-3-16(21-20-15)24-9-1-6-19-24/h1-9H,10-13H2. The Morgan fingerprint density at radius 3 is 2.24 bits per heavy atom. The fourth-order valence-electron chi connectivity index (χ4n) is 2.83. The van der Waals surface area contributed by atoms with Crippen LogP contribution in [0.25, 0.3) is 5.82 Å². The first kappa shape index (κ1) is 15.3. The summed E-state index contributed by atoms with van der Waals surface area (Å²) in [6.07, 6.45) is 6.81. The number of amides is 1. The molecule has 0 aromatic carbocycles. The van der Waals surface area contributed by atoms with Gasteiger partial charge in [-0.1, -0.05) is 0 Å². The molecule has 8 nitrogen and oxygen atoms in total. The minimum absolute atomic E-state index is 0.0437. The number of carbonyl (C=O) groups excluding carboxylic acids is 1. The Kier molecular flexibility index (Phi) is 4.07. The number of pyridine rings is 1. The molecule has 8 heteroatoms. The van der Waals surface area contributed by atoms with Crippen LogP contribution in [0, 0.1) is 0 Å². The van der Waals surface area contributed by atoms with Gasteiger partial charge in [-0.25, -0.2) is 4.68 Å². The summed E-state index contributed by atoms with van der Waals surface area (Å²) in [7, 11) is 0. The third-order valence-electron chi connectivity index (χ3n) is 4.19. The van der Waals surface area contributed by atoms with Crippen molar-refractivity contribution in [1.29, 1.82) is 0 Å². The highest BCUT2D eigenvalue weighted by atomic mass is 16.2. The van der Waals surface area contributed by atoms with Crippen LogP contribution in [0.5, 0.6) is 0 Å².